The van der Waals surface area contributed by atoms with Crippen LogP contribution in [0.25, 0.3) is 16.9 Å². The zero-order chi connectivity index (χ0) is 17.1. The summed E-state index contributed by atoms with van der Waals surface area (Å²) in [4.78, 5) is 12.0. The second-order valence-electron chi connectivity index (χ2n) is 5.24. The first-order valence-corrected chi connectivity index (χ1v) is 7.78. The lowest BCUT2D eigenvalue weighted by molar-refractivity contribution is 0.0957. The summed E-state index contributed by atoms with van der Waals surface area (Å²) < 4.78 is 1.70. The van der Waals surface area contributed by atoms with Crippen molar-refractivity contribution in [3.63, 3.8) is 0 Å². The lowest BCUT2D eigenvalue weighted by Gasteiger charge is -2.08. The quantitative estimate of drug-likeness (QED) is 0.766. The molecule has 0 aliphatic heterocycles. The van der Waals surface area contributed by atoms with E-state index in [0.717, 1.165) is 22.5 Å². The third-order valence-electron chi connectivity index (χ3n) is 3.67. The molecule has 24 heavy (non-hydrogen) atoms. The van der Waals surface area contributed by atoms with Gasteiger partial charge in [-0.2, -0.15) is 5.10 Å². The van der Waals surface area contributed by atoms with Crippen LogP contribution in [0.3, 0.4) is 0 Å². The largest absolute Gasteiger partial charge is 0.392 e. The van der Waals surface area contributed by atoms with Crippen molar-refractivity contribution in [2.45, 2.75) is 6.61 Å². The molecule has 0 unspecified atom stereocenters. The van der Waals surface area contributed by atoms with Crippen molar-refractivity contribution < 1.29 is 9.90 Å². The minimum Gasteiger partial charge on any atom is -0.392 e. The molecule has 1 amide bonds. The normalized spacial score (nSPS) is 10.6. The van der Waals surface area contributed by atoms with Gasteiger partial charge in [-0.3, -0.25) is 4.79 Å². The zero-order valence-corrected chi connectivity index (χ0v) is 13.8. The number of carbonyl (C=O) groups is 1. The maximum atomic E-state index is 12.0. The molecule has 0 spiro atoms. The smallest absolute Gasteiger partial charge is 0.271 e. The van der Waals surface area contributed by atoms with E-state index in [9.17, 15) is 9.90 Å². The summed E-state index contributed by atoms with van der Waals surface area (Å²) in [5.41, 5.74) is 3.62. The highest BCUT2D eigenvalue weighted by Gasteiger charge is 2.16. The van der Waals surface area contributed by atoms with Crippen LogP contribution >= 0.6 is 11.6 Å². The van der Waals surface area contributed by atoms with E-state index in [4.69, 9.17) is 11.6 Å². The van der Waals surface area contributed by atoms with Crippen LogP contribution in [0, 0.1) is 0 Å². The van der Waals surface area contributed by atoms with Gasteiger partial charge in [-0.15, -0.1) is 0 Å². The SMILES string of the molecule is CNC(=O)c1cc(-c2ccc(CO)cc2)n(-c2ccc(Cl)cc2)n1. The Morgan fingerprint density at radius 3 is 2.42 bits per heavy atom. The minimum absolute atomic E-state index is 0.0137. The van der Waals surface area contributed by atoms with Crippen molar-refractivity contribution in [1.29, 1.82) is 0 Å². The molecule has 0 fully saturated rings. The number of nitrogens with zero attached hydrogens (tertiary/aromatic N) is 2. The Morgan fingerprint density at radius 2 is 1.83 bits per heavy atom. The average molecular weight is 342 g/mol. The highest BCUT2D eigenvalue weighted by atomic mass is 35.5. The number of aliphatic hydroxyl groups is 1. The molecule has 0 saturated carbocycles. The highest BCUT2D eigenvalue weighted by Crippen LogP contribution is 2.25. The molecular formula is C18H16ClN3O2. The number of nitrogens with one attached hydrogen (secondary N) is 1. The zero-order valence-electron chi connectivity index (χ0n) is 13.0. The molecule has 5 nitrogen and oxygen atoms in total. The number of carbonyl (C=O) groups excluding carboxylic acids is 1. The van der Waals surface area contributed by atoms with Crippen LogP contribution < -0.4 is 5.32 Å². The van der Waals surface area contributed by atoms with E-state index >= 15 is 0 Å². The molecule has 1 aromatic heterocycles. The highest BCUT2D eigenvalue weighted by molar-refractivity contribution is 6.30. The number of rotatable bonds is 4. The number of halogens is 1. The Balaban J connectivity index is 2.13. The van der Waals surface area contributed by atoms with Crippen molar-refractivity contribution in [1.82, 2.24) is 15.1 Å². The first-order chi connectivity index (χ1) is 11.6. The molecule has 1 heterocycles. The summed E-state index contributed by atoms with van der Waals surface area (Å²) in [5, 5.41) is 16.8. The molecule has 0 radical (unpaired) electrons. The van der Waals surface area contributed by atoms with E-state index in [2.05, 4.69) is 10.4 Å². The third kappa shape index (κ3) is 3.18. The standard InChI is InChI=1S/C18H16ClN3O2/c1-20-18(24)16-10-17(13-4-2-12(11-23)3-5-13)22(21-16)15-8-6-14(19)7-9-15/h2-10,23H,11H2,1H3,(H,20,24). The van der Waals surface area contributed by atoms with Gasteiger partial charge in [0.05, 0.1) is 18.0 Å². The van der Waals surface area contributed by atoms with Crippen LogP contribution in [-0.2, 0) is 6.61 Å². The number of hydrogen-bond donors (Lipinski definition) is 2. The van der Waals surface area contributed by atoms with Crippen molar-refractivity contribution in [3.8, 4) is 16.9 Å². The second-order valence-corrected chi connectivity index (χ2v) is 5.67. The molecule has 0 atom stereocenters. The molecule has 0 aliphatic rings. The Labute approximate surface area is 144 Å². The van der Waals surface area contributed by atoms with Crippen LogP contribution in [0.4, 0.5) is 0 Å². The lowest BCUT2D eigenvalue weighted by Crippen LogP contribution is -2.18. The van der Waals surface area contributed by atoms with E-state index in [1.54, 1.807) is 29.9 Å². The van der Waals surface area contributed by atoms with Gasteiger partial charge >= 0.3 is 0 Å². The van der Waals surface area contributed by atoms with E-state index in [1.807, 2.05) is 36.4 Å². The topological polar surface area (TPSA) is 67.2 Å². The summed E-state index contributed by atoms with van der Waals surface area (Å²) >= 11 is 5.95. The fourth-order valence-electron chi connectivity index (χ4n) is 2.39. The molecule has 3 aromatic rings. The maximum Gasteiger partial charge on any atom is 0.271 e. The molecule has 0 bridgehead atoms. The summed E-state index contributed by atoms with van der Waals surface area (Å²) in [5.74, 6) is -0.254. The van der Waals surface area contributed by atoms with Crippen LogP contribution in [0.2, 0.25) is 5.02 Å². The molecule has 3 rings (SSSR count). The first kappa shape index (κ1) is 16.2. The van der Waals surface area contributed by atoms with Gasteiger partial charge in [0.25, 0.3) is 5.91 Å². The van der Waals surface area contributed by atoms with Gasteiger partial charge in [0.15, 0.2) is 5.69 Å². The van der Waals surface area contributed by atoms with Gasteiger partial charge in [-0.05, 0) is 35.9 Å². The fraction of sp³-hybridized carbons (Fsp3) is 0.111. The summed E-state index contributed by atoms with van der Waals surface area (Å²) in [6, 6.07) is 16.4. The number of aliphatic hydroxyl groups excluding tert-OH is 1. The monoisotopic (exact) mass is 341 g/mol. The number of benzene rings is 2. The molecule has 6 heteroatoms. The van der Waals surface area contributed by atoms with Gasteiger partial charge in [-0.1, -0.05) is 35.9 Å². The van der Waals surface area contributed by atoms with E-state index < -0.39 is 0 Å². The third-order valence-corrected chi connectivity index (χ3v) is 3.92. The van der Waals surface area contributed by atoms with E-state index in [-0.39, 0.29) is 12.5 Å². The van der Waals surface area contributed by atoms with Crippen molar-refractivity contribution in [2.75, 3.05) is 7.05 Å². The second kappa shape index (κ2) is 6.86. The summed E-state index contributed by atoms with van der Waals surface area (Å²) in [7, 11) is 1.57. The van der Waals surface area contributed by atoms with Crippen LogP contribution in [0.1, 0.15) is 16.1 Å². The Hall–Kier alpha value is -2.63. The van der Waals surface area contributed by atoms with E-state index in [1.165, 1.54) is 0 Å². The predicted molar refractivity (Wildman–Crippen MR) is 93.3 cm³/mol. The first-order valence-electron chi connectivity index (χ1n) is 7.40. The fourth-order valence-corrected chi connectivity index (χ4v) is 2.51. The lowest BCUT2D eigenvalue weighted by atomic mass is 10.1. The van der Waals surface area contributed by atoms with Gasteiger partial charge in [0.1, 0.15) is 0 Å². The Morgan fingerprint density at radius 1 is 1.17 bits per heavy atom. The Kier molecular flexibility index (Phi) is 4.64. The van der Waals surface area contributed by atoms with Crippen LogP contribution in [0.5, 0.6) is 0 Å². The van der Waals surface area contributed by atoms with Crippen LogP contribution in [0.15, 0.2) is 54.6 Å². The summed E-state index contributed by atoms with van der Waals surface area (Å²) in [6.45, 7) is -0.0137. The van der Waals surface area contributed by atoms with Crippen molar-refractivity contribution in [2.24, 2.45) is 0 Å². The predicted octanol–water partition coefficient (Wildman–Crippen LogP) is 3.04. The van der Waals surface area contributed by atoms with Crippen molar-refractivity contribution >= 4 is 17.5 Å². The van der Waals surface area contributed by atoms with E-state index in [0.29, 0.717) is 10.7 Å². The molecule has 2 N–H and O–H groups in total. The number of hydrogen-bond acceptors (Lipinski definition) is 3. The number of aromatic nitrogens is 2. The maximum absolute atomic E-state index is 12.0. The van der Waals surface area contributed by atoms with Crippen LogP contribution in [-0.4, -0.2) is 27.8 Å². The minimum atomic E-state index is -0.254. The number of amides is 1. The average Bonchev–Trinajstić information content (AvgIpc) is 3.07. The molecule has 2 aromatic carbocycles. The van der Waals surface area contributed by atoms with Gasteiger partial charge in [-0.25, -0.2) is 4.68 Å². The molecule has 0 aliphatic carbocycles. The molecular weight excluding hydrogens is 326 g/mol. The van der Waals surface area contributed by atoms with Crippen molar-refractivity contribution in [3.05, 3.63) is 70.9 Å². The summed E-state index contributed by atoms with van der Waals surface area (Å²) in [6.07, 6.45) is 0. The van der Waals surface area contributed by atoms with Gasteiger partial charge in [0, 0.05) is 17.6 Å². The Bertz CT molecular complexity index is 855. The van der Waals surface area contributed by atoms with Gasteiger partial charge < -0.3 is 10.4 Å². The van der Waals surface area contributed by atoms with Gasteiger partial charge in [0.2, 0.25) is 0 Å². The molecule has 0 saturated heterocycles. The molecule has 122 valence electrons.